The van der Waals surface area contributed by atoms with E-state index in [0.717, 1.165) is 12.8 Å². The molecule has 4 nitrogen and oxygen atoms in total. The van der Waals surface area contributed by atoms with Crippen LogP contribution in [0.25, 0.3) is 0 Å². The van der Waals surface area contributed by atoms with E-state index in [1.807, 2.05) is 13.0 Å². The number of nitrogens with one attached hydrogen (secondary N) is 1. The van der Waals surface area contributed by atoms with Crippen molar-refractivity contribution in [2.45, 2.75) is 25.9 Å². The van der Waals surface area contributed by atoms with Crippen molar-refractivity contribution in [2.75, 3.05) is 13.2 Å². The van der Waals surface area contributed by atoms with Gasteiger partial charge in [-0.15, -0.1) is 0 Å². The quantitative estimate of drug-likeness (QED) is 0.644. The molecule has 0 saturated carbocycles. The van der Waals surface area contributed by atoms with Gasteiger partial charge in [0, 0.05) is 6.61 Å². The van der Waals surface area contributed by atoms with E-state index in [1.54, 1.807) is 0 Å². The van der Waals surface area contributed by atoms with E-state index in [9.17, 15) is 4.79 Å². The zero-order valence-corrected chi connectivity index (χ0v) is 7.75. The summed E-state index contributed by atoms with van der Waals surface area (Å²) >= 11 is 0. The van der Waals surface area contributed by atoms with E-state index in [-0.39, 0.29) is 24.5 Å². The summed E-state index contributed by atoms with van der Waals surface area (Å²) in [5.41, 5.74) is 0. The Morgan fingerprint density at radius 1 is 1.77 bits per heavy atom. The lowest BCUT2D eigenvalue weighted by atomic mass is 9.99. The van der Waals surface area contributed by atoms with Crippen LogP contribution < -0.4 is 5.32 Å². The number of rotatable bonds is 3. The highest BCUT2D eigenvalue weighted by Crippen LogP contribution is 2.23. The van der Waals surface area contributed by atoms with Crippen molar-refractivity contribution < 1.29 is 9.53 Å². The second-order valence-electron chi connectivity index (χ2n) is 3.09. The lowest BCUT2D eigenvalue weighted by Crippen LogP contribution is -2.35. The molecule has 1 rings (SSSR count). The summed E-state index contributed by atoms with van der Waals surface area (Å²) in [7, 11) is 0. The summed E-state index contributed by atoms with van der Waals surface area (Å²) < 4.78 is 5.37. The standard InChI is InChI=1S/C9H14N2O2/c1-2-8-7(3-6-13-8)9(12)11-5-4-10/h7-8H,2-3,5-6H2,1H3,(H,11,12). The zero-order chi connectivity index (χ0) is 9.68. The molecule has 0 aromatic rings. The van der Waals surface area contributed by atoms with Crippen molar-refractivity contribution in [3.63, 3.8) is 0 Å². The number of hydrogen-bond donors (Lipinski definition) is 1. The maximum absolute atomic E-state index is 11.4. The molecule has 4 heteroatoms. The van der Waals surface area contributed by atoms with Gasteiger partial charge in [0.25, 0.3) is 0 Å². The minimum atomic E-state index is -0.0571. The molecular formula is C9H14N2O2. The van der Waals surface area contributed by atoms with Crippen LogP contribution in [0.1, 0.15) is 19.8 Å². The summed E-state index contributed by atoms with van der Waals surface area (Å²) in [6, 6.07) is 1.88. The van der Waals surface area contributed by atoms with E-state index in [4.69, 9.17) is 10.00 Å². The van der Waals surface area contributed by atoms with Gasteiger partial charge < -0.3 is 10.1 Å². The Kier molecular flexibility index (Phi) is 3.71. The molecule has 13 heavy (non-hydrogen) atoms. The lowest BCUT2D eigenvalue weighted by Gasteiger charge is -2.14. The molecule has 0 spiro atoms. The minimum absolute atomic E-state index is 0.0405. The molecule has 0 aromatic heterocycles. The minimum Gasteiger partial charge on any atom is -0.377 e. The van der Waals surface area contributed by atoms with E-state index < -0.39 is 0 Å². The fourth-order valence-electron chi connectivity index (χ4n) is 1.61. The number of hydrogen-bond acceptors (Lipinski definition) is 3. The van der Waals surface area contributed by atoms with E-state index >= 15 is 0 Å². The number of carbonyl (C=O) groups is 1. The molecule has 1 aliphatic rings. The van der Waals surface area contributed by atoms with Crippen LogP contribution in [0.15, 0.2) is 0 Å². The molecule has 1 N–H and O–H groups in total. The topological polar surface area (TPSA) is 62.1 Å². The number of carbonyl (C=O) groups excluding carboxylic acids is 1. The first-order valence-corrected chi connectivity index (χ1v) is 4.55. The highest BCUT2D eigenvalue weighted by Gasteiger charge is 2.32. The van der Waals surface area contributed by atoms with Crippen LogP contribution in [0.3, 0.4) is 0 Å². The molecule has 0 aromatic carbocycles. The van der Waals surface area contributed by atoms with Gasteiger partial charge in [-0.05, 0) is 12.8 Å². The normalized spacial score (nSPS) is 26.8. The largest absolute Gasteiger partial charge is 0.377 e. The van der Waals surface area contributed by atoms with Gasteiger partial charge in [0.2, 0.25) is 5.91 Å². The average molecular weight is 182 g/mol. The van der Waals surface area contributed by atoms with Crippen LogP contribution in [0.2, 0.25) is 0 Å². The fourth-order valence-corrected chi connectivity index (χ4v) is 1.61. The van der Waals surface area contributed by atoms with Gasteiger partial charge in [0.1, 0.15) is 6.54 Å². The fraction of sp³-hybridized carbons (Fsp3) is 0.778. The average Bonchev–Trinajstić information content (AvgIpc) is 2.61. The van der Waals surface area contributed by atoms with Crippen LogP contribution >= 0.6 is 0 Å². The van der Waals surface area contributed by atoms with E-state index in [2.05, 4.69) is 5.32 Å². The molecule has 2 unspecified atom stereocenters. The zero-order valence-electron chi connectivity index (χ0n) is 7.75. The Bertz CT molecular complexity index is 222. The molecule has 72 valence electrons. The van der Waals surface area contributed by atoms with Crippen molar-refractivity contribution in [3.8, 4) is 6.07 Å². The monoisotopic (exact) mass is 182 g/mol. The molecule has 1 heterocycles. The maximum atomic E-state index is 11.4. The highest BCUT2D eigenvalue weighted by molar-refractivity contribution is 5.79. The Morgan fingerprint density at radius 2 is 2.54 bits per heavy atom. The van der Waals surface area contributed by atoms with Crippen LogP contribution in [0, 0.1) is 17.2 Å². The van der Waals surface area contributed by atoms with E-state index in [0.29, 0.717) is 6.61 Å². The molecule has 1 fully saturated rings. The van der Waals surface area contributed by atoms with Crippen LogP contribution in [0.4, 0.5) is 0 Å². The number of nitriles is 1. The summed E-state index contributed by atoms with van der Waals surface area (Å²) in [5.74, 6) is -0.107. The van der Waals surface area contributed by atoms with Crippen molar-refractivity contribution in [3.05, 3.63) is 0 Å². The Balaban J connectivity index is 2.41. The van der Waals surface area contributed by atoms with Crippen LogP contribution in [-0.4, -0.2) is 25.2 Å². The van der Waals surface area contributed by atoms with Gasteiger partial charge >= 0.3 is 0 Å². The van der Waals surface area contributed by atoms with Crippen molar-refractivity contribution in [2.24, 2.45) is 5.92 Å². The third kappa shape index (κ3) is 2.43. The van der Waals surface area contributed by atoms with Gasteiger partial charge in [-0.2, -0.15) is 5.26 Å². The number of amides is 1. The highest BCUT2D eigenvalue weighted by atomic mass is 16.5. The van der Waals surface area contributed by atoms with Gasteiger partial charge in [0.05, 0.1) is 18.1 Å². The molecule has 0 radical (unpaired) electrons. The summed E-state index contributed by atoms with van der Waals surface area (Å²) in [4.78, 5) is 11.4. The molecule has 0 bridgehead atoms. The third-order valence-electron chi connectivity index (χ3n) is 2.29. The van der Waals surface area contributed by atoms with Gasteiger partial charge in [-0.3, -0.25) is 4.79 Å². The first-order chi connectivity index (χ1) is 6.29. The first kappa shape index (κ1) is 10.0. The van der Waals surface area contributed by atoms with Crippen molar-refractivity contribution >= 4 is 5.91 Å². The number of nitrogens with zero attached hydrogens (tertiary/aromatic N) is 1. The molecule has 2 atom stereocenters. The molecule has 1 saturated heterocycles. The SMILES string of the molecule is CCC1OCCC1C(=O)NCC#N. The predicted octanol–water partition coefficient (Wildman–Crippen LogP) is 0.441. The van der Waals surface area contributed by atoms with Gasteiger partial charge in [-0.1, -0.05) is 6.92 Å². The summed E-state index contributed by atoms with van der Waals surface area (Å²) in [6.45, 7) is 2.75. The van der Waals surface area contributed by atoms with Crippen molar-refractivity contribution in [1.29, 1.82) is 5.26 Å². The van der Waals surface area contributed by atoms with Crippen LogP contribution in [-0.2, 0) is 9.53 Å². The Labute approximate surface area is 77.9 Å². The molecule has 1 aliphatic heterocycles. The Hall–Kier alpha value is -1.08. The molecular weight excluding hydrogens is 168 g/mol. The third-order valence-corrected chi connectivity index (χ3v) is 2.29. The van der Waals surface area contributed by atoms with Crippen LogP contribution in [0.5, 0.6) is 0 Å². The summed E-state index contributed by atoms with van der Waals surface area (Å²) in [5, 5.41) is 10.8. The van der Waals surface area contributed by atoms with E-state index in [1.165, 1.54) is 0 Å². The summed E-state index contributed by atoms with van der Waals surface area (Å²) in [6.07, 6.45) is 1.67. The first-order valence-electron chi connectivity index (χ1n) is 4.55. The second kappa shape index (κ2) is 4.83. The molecule has 0 aliphatic carbocycles. The smallest absolute Gasteiger partial charge is 0.226 e. The second-order valence-corrected chi connectivity index (χ2v) is 3.09. The van der Waals surface area contributed by atoms with Gasteiger partial charge in [0.15, 0.2) is 0 Å². The lowest BCUT2D eigenvalue weighted by molar-refractivity contribution is -0.126. The Morgan fingerprint density at radius 3 is 3.15 bits per heavy atom. The maximum Gasteiger partial charge on any atom is 0.226 e. The number of ether oxygens (including phenoxy) is 1. The molecule has 1 amide bonds. The predicted molar refractivity (Wildman–Crippen MR) is 46.8 cm³/mol. The van der Waals surface area contributed by atoms with Crippen molar-refractivity contribution in [1.82, 2.24) is 5.32 Å². The van der Waals surface area contributed by atoms with Gasteiger partial charge in [-0.25, -0.2) is 0 Å².